The average Bonchev–Trinajstić information content (AvgIpc) is 2.42. The first-order valence-electron chi connectivity index (χ1n) is 6.37. The maximum Gasteiger partial charge on any atom is 0.326 e. The van der Waals surface area contributed by atoms with E-state index in [1.807, 2.05) is 0 Å². The van der Waals surface area contributed by atoms with E-state index < -0.39 is 23.8 Å². The molecule has 114 valence electrons. The number of carbonyl (C=O) groups is 3. The first-order valence-corrected chi connectivity index (χ1v) is 6.75. The van der Waals surface area contributed by atoms with Crippen LogP contribution in [-0.4, -0.2) is 35.5 Å². The lowest BCUT2D eigenvalue weighted by molar-refractivity contribution is -0.142. The van der Waals surface area contributed by atoms with Gasteiger partial charge in [0.05, 0.1) is 6.54 Å². The molecule has 6 nitrogen and oxygen atoms in total. The molecule has 7 heteroatoms. The smallest absolute Gasteiger partial charge is 0.326 e. The molecule has 0 aliphatic carbocycles. The number of hydrogen-bond acceptors (Lipinski definition) is 3. The van der Waals surface area contributed by atoms with Crippen LogP contribution in [0, 0.1) is 5.92 Å². The van der Waals surface area contributed by atoms with Gasteiger partial charge >= 0.3 is 5.97 Å². The summed E-state index contributed by atoms with van der Waals surface area (Å²) in [4.78, 5) is 34.4. The number of aliphatic carboxylic acids is 1. The molecule has 21 heavy (non-hydrogen) atoms. The van der Waals surface area contributed by atoms with E-state index in [9.17, 15) is 14.4 Å². The zero-order valence-corrected chi connectivity index (χ0v) is 12.5. The second-order valence-corrected chi connectivity index (χ2v) is 5.25. The van der Waals surface area contributed by atoms with Gasteiger partial charge in [-0.1, -0.05) is 25.4 Å². The molecule has 2 amide bonds. The molecule has 0 heterocycles. The van der Waals surface area contributed by atoms with Crippen molar-refractivity contribution in [2.75, 3.05) is 6.54 Å². The molecule has 0 unspecified atom stereocenters. The third-order valence-electron chi connectivity index (χ3n) is 2.77. The lowest BCUT2D eigenvalue weighted by Gasteiger charge is -2.17. The molecule has 3 N–H and O–H groups in total. The van der Waals surface area contributed by atoms with Crippen molar-refractivity contribution in [3.8, 4) is 0 Å². The molecule has 0 aromatic heterocycles. The molecule has 0 saturated heterocycles. The minimum absolute atomic E-state index is 0.251. The Kier molecular flexibility index (Phi) is 6.17. The van der Waals surface area contributed by atoms with Crippen LogP contribution in [0.3, 0.4) is 0 Å². The molecule has 0 aliphatic rings. The summed E-state index contributed by atoms with van der Waals surface area (Å²) in [6.07, 6.45) is 0. The quantitative estimate of drug-likeness (QED) is 0.737. The van der Waals surface area contributed by atoms with Crippen LogP contribution in [0.25, 0.3) is 0 Å². The summed E-state index contributed by atoms with van der Waals surface area (Å²) < 4.78 is 0. The van der Waals surface area contributed by atoms with E-state index in [-0.39, 0.29) is 12.5 Å². The maximum absolute atomic E-state index is 11.8. The Morgan fingerprint density at radius 3 is 2.24 bits per heavy atom. The average molecular weight is 313 g/mol. The van der Waals surface area contributed by atoms with Gasteiger partial charge in [0.15, 0.2) is 0 Å². The largest absolute Gasteiger partial charge is 0.480 e. The number of nitrogens with one attached hydrogen (secondary N) is 2. The molecule has 0 bridgehead atoms. The van der Waals surface area contributed by atoms with Crippen molar-refractivity contribution >= 4 is 29.4 Å². The highest BCUT2D eigenvalue weighted by atomic mass is 35.5. The molecule has 1 rings (SSSR count). The predicted octanol–water partition coefficient (Wildman–Crippen LogP) is 1.30. The van der Waals surface area contributed by atoms with Crippen LogP contribution in [0.2, 0.25) is 5.02 Å². The van der Waals surface area contributed by atoms with Crippen molar-refractivity contribution in [2.45, 2.75) is 19.9 Å². The first-order chi connectivity index (χ1) is 9.81. The Labute approximate surface area is 127 Å². The van der Waals surface area contributed by atoms with Crippen molar-refractivity contribution in [3.63, 3.8) is 0 Å². The van der Waals surface area contributed by atoms with Crippen molar-refractivity contribution in [3.05, 3.63) is 34.9 Å². The Morgan fingerprint density at radius 2 is 1.76 bits per heavy atom. The van der Waals surface area contributed by atoms with Crippen molar-refractivity contribution in [2.24, 2.45) is 5.92 Å². The van der Waals surface area contributed by atoms with E-state index in [4.69, 9.17) is 16.7 Å². The number of halogens is 1. The topological polar surface area (TPSA) is 95.5 Å². The van der Waals surface area contributed by atoms with Gasteiger partial charge in [-0.15, -0.1) is 0 Å². The summed E-state index contributed by atoms with van der Waals surface area (Å²) >= 11 is 5.71. The summed E-state index contributed by atoms with van der Waals surface area (Å²) in [5.74, 6) is -2.35. The molecule has 0 fully saturated rings. The Morgan fingerprint density at radius 1 is 1.19 bits per heavy atom. The van der Waals surface area contributed by atoms with Crippen molar-refractivity contribution < 1.29 is 19.5 Å². The summed E-state index contributed by atoms with van der Waals surface area (Å²) in [5, 5.41) is 14.2. The molecular formula is C14H17ClN2O4. The number of carboxylic acids is 1. The fourth-order valence-corrected chi connectivity index (χ4v) is 1.73. The van der Waals surface area contributed by atoms with E-state index in [2.05, 4.69) is 10.6 Å². The highest BCUT2D eigenvalue weighted by Crippen LogP contribution is 2.09. The molecule has 1 atom stereocenters. The van der Waals surface area contributed by atoms with E-state index >= 15 is 0 Å². The highest BCUT2D eigenvalue weighted by Gasteiger charge is 2.23. The Hall–Kier alpha value is -2.08. The van der Waals surface area contributed by atoms with Gasteiger partial charge in [0.1, 0.15) is 6.04 Å². The summed E-state index contributed by atoms with van der Waals surface area (Å²) in [6, 6.07) is 5.21. The molecule has 0 saturated carbocycles. The molecular weight excluding hydrogens is 296 g/mol. The first kappa shape index (κ1) is 17.0. The van der Waals surface area contributed by atoms with E-state index in [0.29, 0.717) is 10.6 Å². The highest BCUT2D eigenvalue weighted by molar-refractivity contribution is 6.30. The van der Waals surface area contributed by atoms with E-state index in [1.165, 1.54) is 12.1 Å². The SMILES string of the molecule is CC(C)[C@@H](NC(=O)CNC(=O)c1ccc(Cl)cc1)C(=O)O. The molecule has 0 radical (unpaired) electrons. The fraction of sp³-hybridized carbons (Fsp3) is 0.357. The van der Waals surface area contributed by atoms with Gasteiger partial charge in [0.2, 0.25) is 5.91 Å². The van der Waals surface area contributed by atoms with Crippen LogP contribution >= 0.6 is 11.6 Å². The van der Waals surface area contributed by atoms with Gasteiger partial charge < -0.3 is 15.7 Å². The molecule has 1 aromatic rings. The van der Waals surface area contributed by atoms with Gasteiger partial charge in [0.25, 0.3) is 5.91 Å². The third-order valence-corrected chi connectivity index (χ3v) is 3.02. The number of benzene rings is 1. The Balaban J connectivity index is 2.51. The van der Waals surface area contributed by atoms with Crippen LogP contribution in [0.1, 0.15) is 24.2 Å². The van der Waals surface area contributed by atoms with Gasteiger partial charge in [-0.25, -0.2) is 4.79 Å². The van der Waals surface area contributed by atoms with Gasteiger partial charge in [-0.3, -0.25) is 9.59 Å². The molecule has 0 spiro atoms. The normalized spacial score (nSPS) is 11.8. The fourth-order valence-electron chi connectivity index (χ4n) is 1.60. The predicted molar refractivity (Wildman–Crippen MR) is 78.2 cm³/mol. The van der Waals surface area contributed by atoms with Gasteiger partial charge in [-0.2, -0.15) is 0 Å². The number of hydrogen-bond donors (Lipinski definition) is 3. The van der Waals surface area contributed by atoms with Crippen LogP contribution in [0.4, 0.5) is 0 Å². The lowest BCUT2D eigenvalue weighted by atomic mass is 10.1. The summed E-state index contributed by atoms with van der Waals surface area (Å²) in [5.41, 5.74) is 0.367. The van der Waals surface area contributed by atoms with Crippen molar-refractivity contribution in [1.82, 2.24) is 10.6 Å². The minimum atomic E-state index is -1.11. The number of carbonyl (C=O) groups excluding carboxylic acids is 2. The minimum Gasteiger partial charge on any atom is -0.480 e. The number of amides is 2. The van der Waals surface area contributed by atoms with Crippen LogP contribution in [0.5, 0.6) is 0 Å². The summed E-state index contributed by atoms with van der Waals surface area (Å²) in [6.45, 7) is 3.08. The van der Waals surface area contributed by atoms with Crippen LogP contribution in [0.15, 0.2) is 24.3 Å². The standard InChI is InChI=1S/C14H17ClN2O4/c1-8(2)12(14(20)21)17-11(18)7-16-13(19)9-3-5-10(15)6-4-9/h3-6,8,12H,7H2,1-2H3,(H,16,19)(H,17,18)(H,20,21)/t12-/m1/s1. The molecule has 0 aliphatic heterocycles. The second-order valence-electron chi connectivity index (χ2n) is 4.82. The zero-order chi connectivity index (χ0) is 16.0. The monoisotopic (exact) mass is 312 g/mol. The van der Waals surface area contributed by atoms with E-state index in [0.717, 1.165) is 0 Å². The third kappa shape index (κ3) is 5.43. The van der Waals surface area contributed by atoms with Gasteiger partial charge in [0, 0.05) is 10.6 Å². The summed E-state index contributed by atoms with van der Waals surface area (Å²) in [7, 11) is 0. The van der Waals surface area contributed by atoms with E-state index in [1.54, 1.807) is 26.0 Å². The Bertz CT molecular complexity index is 528. The van der Waals surface area contributed by atoms with Crippen molar-refractivity contribution in [1.29, 1.82) is 0 Å². The molecule has 1 aromatic carbocycles. The zero-order valence-electron chi connectivity index (χ0n) is 11.7. The van der Waals surface area contributed by atoms with Crippen LogP contribution in [-0.2, 0) is 9.59 Å². The maximum atomic E-state index is 11.8. The second kappa shape index (κ2) is 7.64. The number of carboxylic acid groups (broad SMARTS) is 1. The van der Waals surface area contributed by atoms with Crippen LogP contribution < -0.4 is 10.6 Å². The lowest BCUT2D eigenvalue weighted by Crippen LogP contribution is -2.48. The number of rotatable bonds is 6. The van der Waals surface area contributed by atoms with Gasteiger partial charge in [-0.05, 0) is 30.2 Å².